The van der Waals surface area contributed by atoms with Gasteiger partial charge < -0.3 is 9.42 Å². The molecule has 0 bridgehead atoms. The van der Waals surface area contributed by atoms with Gasteiger partial charge in [0.1, 0.15) is 5.76 Å². The Morgan fingerprint density at radius 1 is 1.26 bits per heavy atom. The van der Waals surface area contributed by atoms with Crippen LogP contribution in [0.1, 0.15) is 29.1 Å². The smallest absolute Gasteiger partial charge is 0.276 e. The lowest BCUT2D eigenvalue weighted by molar-refractivity contribution is 0.0710. The molecule has 1 amide bonds. The molecule has 8 heteroatoms. The van der Waals surface area contributed by atoms with Crippen molar-refractivity contribution in [1.29, 1.82) is 0 Å². The van der Waals surface area contributed by atoms with Gasteiger partial charge in [-0.25, -0.2) is 4.68 Å². The second-order valence-electron chi connectivity index (χ2n) is 6.59. The van der Waals surface area contributed by atoms with Gasteiger partial charge in [0, 0.05) is 36.6 Å². The molecule has 1 atom stereocenters. The van der Waals surface area contributed by atoms with Crippen LogP contribution >= 0.6 is 0 Å². The number of pyridine rings is 1. The number of nitrogens with zero attached hydrogens (tertiary/aromatic N) is 5. The van der Waals surface area contributed by atoms with Crippen molar-refractivity contribution in [2.75, 3.05) is 6.54 Å². The van der Waals surface area contributed by atoms with E-state index in [1.165, 1.54) is 10.7 Å². The summed E-state index contributed by atoms with van der Waals surface area (Å²) in [6.45, 7) is 2.73. The number of amides is 1. The second kappa shape index (κ2) is 7.14. The molecule has 4 rings (SSSR count). The Morgan fingerprint density at radius 3 is 2.81 bits per heavy atom. The third kappa shape index (κ3) is 3.51. The van der Waals surface area contributed by atoms with Crippen molar-refractivity contribution in [2.45, 2.75) is 32.4 Å². The van der Waals surface area contributed by atoms with E-state index in [1.54, 1.807) is 36.4 Å². The standard InChI is InChI=1S/C19H19N5O3/c1-13-11-17(22-27-13)19(26)23-10-2-3-15(23)12-24-18(25)5-4-16(21-24)14-6-8-20-9-7-14/h4-9,11,15H,2-3,10,12H2,1H3. The first-order valence-corrected chi connectivity index (χ1v) is 8.84. The molecular formula is C19H19N5O3. The first kappa shape index (κ1) is 17.1. The summed E-state index contributed by atoms with van der Waals surface area (Å²) in [4.78, 5) is 30.8. The van der Waals surface area contributed by atoms with Gasteiger partial charge in [-0.15, -0.1) is 0 Å². The third-order valence-corrected chi connectivity index (χ3v) is 4.71. The topological polar surface area (TPSA) is 94.1 Å². The molecule has 1 aliphatic rings. The van der Waals surface area contributed by atoms with E-state index in [0.29, 0.717) is 30.2 Å². The Hall–Kier alpha value is -3.29. The SMILES string of the molecule is Cc1cc(C(=O)N2CCCC2Cn2nc(-c3ccncc3)ccc2=O)no1. The normalized spacial score (nSPS) is 16.6. The zero-order chi connectivity index (χ0) is 18.8. The predicted octanol–water partition coefficient (Wildman–Crippen LogP) is 1.91. The van der Waals surface area contributed by atoms with E-state index in [4.69, 9.17) is 4.52 Å². The largest absolute Gasteiger partial charge is 0.361 e. The molecule has 1 unspecified atom stereocenters. The van der Waals surface area contributed by atoms with Crippen molar-refractivity contribution in [3.63, 3.8) is 0 Å². The van der Waals surface area contributed by atoms with Crippen LogP contribution in [0.15, 0.2) is 52.0 Å². The van der Waals surface area contributed by atoms with E-state index in [0.717, 1.165) is 18.4 Å². The lowest BCUT2D eigenvalue weighted by Crippen LogP contribution is -2.40. The predicted molar refractivity (Wildman–Crippen MR) is 97.0 cm³/mol. The maximum Gasteiger partial charge on any atom is 0.276 e. The van der Waals surface area contributed by atoms with Gasteiger partial charge in [0.05, 0.1) is 18.3 Å². The zero-order valence-electron chi connectivity index (χ0n) is 14.9. The van der Waals surface area contributed by atoms with Gasteiger partial charge in [-0.2, -0.15) is 5.10 Å². The van der Waals surface area contributed by atoms with Crippen molar-refractivity contribution in [3.05, 3.63) is 64.5 Å². The number of hydrogen-bond donors (Lipinski definition) is 0. The van der Waals surface area contributed by atoms with Gasteiger partial charge in [-0.3, -0.25) is 14.6 Å². The van der Waals surface area contributed by atoms with Crippen LogP contribution in [0.25, 0.3) is 11.3 Å². The van der Waals surface area contributed by atoms with Gasteiger partial charge in [-0.1, -0.05) is 5.16 Å². The number of aryl methyl sites for hydroxylation is 1. The quantitative estimate of drug-likeness (QED) is 0.701. The zero-order valence-corrected chi connectivity index (χ0v) is 14.9. The van der Waals surface area contributed by atoms with Crippen LogP contribution in [0.2, 0.25) is 0 Å². The summed E-state index contributed by atoms with van der Waals surface area (Å²) in [6, 6.07) is 8.42. The lowest BCUT2D eigenvalue weighted by Gasteiger charge is -2.24. The molecule has 138 valence electrons. The van der Waals surface area contributed by atoms with Gasteiger partial charge in [-0.05, 0) is 38.0 Å². The third-order valence-electron chi connectivity index (χ3n) is 4.71. The molecule has 0 aromatic carbocycles. The van der Waals surface area contributed by atoms with Gasteiger partial charge >= 0.3 is 0 Å². The summed E-state index contributed by atoms with van der Waals surface area (Å²) in [6.07, 6.45) is 5.07. The lowest BCUT2D eigenvalue weighted by atomic mass is 10.2. The van der Waals surface area contributed by atoms with E-state index in [2.05, 4.69) is 15.2 Å². The molecule has 0 saturated carbocycles. The van der Waals surface area contributed by atoms with E-state index in [1.807, 2.05) is 12.1 Å². The first-order valence-electron chi connectivity index (χ1n) is 8.84. The highest BCUT2D eigenvalue weighted by Crippen LogP contribution is 2.21. The van der Waals surface area contributed by atoms with E-state index >= 15 is 0 Å². The molecule has 1 aliphatic heterocycles. The summed E-state index contributed by atoms with van der Waals surface area (Å²) >= 11 is 0. The maximum atomic E-state index is 12.7. The monoisotopic (exact) mass is 365 g/mol. The summed E-state index contributed by atoms with van der Waals surface area (Å²) in [5.74, 6) is 0.421. The van der Waals surface area contributed by atoms with Crippen LogP contribution in [-0.2, 0) is 6.54 Å². The average Bonchev–Trinajstić information content (AvgIpc) is 3.33. The highest BCUT2D eigenvalue weighted by atomic mass is 16.5. The number of hydrogen-bond acceptors (Lipinski definition) is 6. The highest BCUT2D eigenvalue weighted by Gasteiger charge is 2.31. The molecule has 0 spiro atoms. The van der Waals surface area contributed by atoms with Gasteiger partial charge in [0.2, 0.25) is 0 Å². The Labute approximate surface area is 155 Å². The van der Waals surface area contributed by atoms with Crippen molar-refractivity contribution in [1.82, 2.24) is 24.8 Å². The number of rotatable bonds is 4. The Morgan fingerprint density at radius 2 is 2.07 bits per heavy atom. The molecule has 4 heterocycles. The fraction of sp³-hybridized carbons (Fsp3) is 0.316. The van der Waals surface area contributed by atoms with Crippen LogP contribution in [0, 0.1) is 6.92 Å². The van der Waals surface area contributed by atoms with Crippen LogP contribution in [-0.4, -0.2) is 43.3 Å². The van der Waals surface area contributed by atoms with Crippen LogP contribution in [0.4, 0.5) is 0 Å². The molecule has 0 N–H and O–H groups in total. The number of aromatic nitrogens is 4. The molecule has 3 aromatic heterocycles. The average molecular weight is 365 g/mol. The molecule has 1 saturated heterocycles. The van der Waals surface area contributed by atoms with Gasteiger partial charge in [0.15, 0.2) is 5.69 Å². The first-order chi connectivity index (χ1) is 13.1. The van der Waals surface area contributed by atoms with E-state index < -0.39 is 0 Å². The Kier molecular flexibility index (Phi) is 4.53. The fourth-order valence-corrected chi connectivity index (χ4v) is 3.36. The highest BCUT2D eigenvalue weighted by molar-refractivity contribution is 5.92. The van der Waals surface area contributed by atoms with Gasteiger partial charge in [0.25, 0.3) is 11.5 Å². The minimum atomic E-state index is -0.190. The second-order valence-corrected chi connectivity index (χ2v) is 6.59. The number of carbonyl (C=O) groups excluding carboxylic acids is 1. The van der Waals surface area contributed by atoms with Crippen LogP contribution in [0.3, 0.4) is 0 Å². The molecule has 0 aliphatic carbocycles. The van der Waals surface area contributed by atoms with Crippen molar-refractivity contribution < 1.29 is 9.32 Å². The Bertz CT molecular complexity index is 1010. The van der Waals surface area contributed by atoms with Crippen molar-refractivity contribution >= 4 is 5.91 Å². The minimum absolute atomic E-state index is 0.104. The van der Waals surface area contributed by atoms with Crippen molar-refractivity contribution in [2.24, 2.45) is 0 Å². The number of likely N-dealkylation sites (tertiary alicyclic amines) is 1. The minimum Gasteiger partial charge on any atom is -0.361 e. The fourth-order valence-electron chi connectivity index (χ4n) is 3.36. The molecule has 1 fully saturated rings. The Balaban J connectivity index is 1.58. The molecule has 0 radical (unpaired) electrons. The molecule has 8 nitrogen and oxygen atoms in total. The van der Waals surface area contributed by atoms with Crippen LogP contribution < -0.4 is 5.56 Å². The summed E-state index contributed by atoms with van der Waals surface area (Å²) in [7, 11) is 0. The number of carbonyl (C=O) groups is 1. The molecule has 27 heavy (non-hydrogen) atoms. The molecular weight excluding hydrogens is 346 g/mol. The maximum absolute atomic E-state index is 12.7. The summed E-state index contributed by atoms with van der Waals surface area (Å²) < 4.78 is 6.44. The van der Waals surface area contributed by atoms with E-state index in [9.17, 15) is 9.59 Å². The van der Waals surface area contributed by atoms with E-state index in [-0.39, 0.29) is 17.5 Å². The van der Waals surface area contributed by atoms with Crippen molar-refractivity contribution in [3.8, 4) is 11.3 Å². The summed E-state index contributed by atoms with van der Waals surface area (Å²) in [5, 5.41) is 8.30. The summed E-state index contributed by atoms with van der Waals surface area (Å²) in [5.41, 5.74) is 1.69. The molecule has 3 aromatic rings. The van der Waals surface area contributed by atoms with Crippen LogP contribution in [0.5, 0.6) is 0 Å².